The second kappa shape index (κ2) is 9.53. The Bertz CT molecular complexity index is 1080. The molecule has 0 spiro atoms. The van der Waals surface area contributed by atoms with Crippen LogP contribution in [0.1, 0.15) is 0 Å². The van der Waals surface area contributed by atoms with Gasteiger partial charge >= 0.3 is 0 Å². The molecule has 4 rings (SSSR count). The molecule has 4 aromatic rings. The molecule has 0 fully saturated rings. The van der Waals surface area contributed by atoms with Gasteiger partial charge in [0.1, 0.15) is 5.75 Å². The van der Waals surface area contributed by atoms with Crippen LogP contribution in [-0.4, -0.2) is 7.11 Å². The van der Waals surface area contributed by atoms with Crippen molar-refractivity contribution in [2.75, 3.05) is 7.11 Å². The molecule has 150 valence electrons. The highest BCUT2D eigenvalue weighted by atomic mass is 127. The van der Waals surface area contributed by atoms with Crippen LogP contribution in [0.3, 0.4) is 0 Å². The minimum absolute atomic E-state index is 0.0990. The van der Waals surface area contributed by atoms with Crippen LogP contribution in [0.2, 0.25) is 0 Å². The molecule has 0 unspecified atom stereocenters. The summed E-state index contributed by atoms with van der Waals surface area (Å²) in [5.74, 6) is 0.643. The Morgan fingerprint density at radius 1 is 0.733 bits per heavy atom. The van der Waals surface area contributed by atoms with E-state index in [4.69, 9.17) is 9.47 Å². The molecule has 0 radical (unpaired) electrons. The van der Waals surface area contributed by atoms with Gasteiger partial charge in [0.05, 0.1) is 18.0 Å². The summed E-state index contributed by atoms with van der Waals surface area (Å²) in [6, 6.07) is 31.3. The second-order valence-corrected chi connectivity index (χ2v) is 9.70. The molecule has 30 heavy (non-hydrogen) atoms. The molecule has 0 heterocycles. The lowest BCUT2D eigenvalue weighted by molar-refractivity contribution is 0.354. The van der Waals surface area contributed by atoms with E-state index < -0.39 is 16.7 Å². The van der Waals surface area contributed by atoms with Crippen molar-refractivity contribution in [1.29, 1.82) is 0 Å². The van der Waals surface area contributed by atoms with Crippen LogP contribution in [0.15, 0.2) is 112 Å². The fraction of sp³-hybridized carbons (Fsp3) is 0.0400. The third-order valence-electron chi connectivity index (χ3n) is 4.42. The second-order valence-electron chi connectivity index (χ2n) is 6.42. The number of hydrogen-bond acceptors (Lipinski definition) is 2. The van der Waals surface area contributed by atoms with Crippen molar-refractivity contribution in [3.8, 4) is 17.2 Å². The minimum Gasteiger partial charge on any atom is -0.490 e. The van der Waals surface area contributed by atoms with Gasteiger partial charge in [0.25, 0.3) is 0 Å². The third-order valence-corrected chi connectivity index (χ3v) is 7.34. The Kier molecular flexibility index (Phi) is 6.59. The van der Waals surface area contributed by atoms with Gasteiger partial charge in [-0.1, -0.05) is 36.4 Å². The maximum Gasteiger partial charge on any atom is 0.197 e. The fourth-order valence-corrected chi connectivity index (χ4v) is 5.57. The van der Waals surface area contributed by atoms with Gasteiger partial charge in [-0.25, -0.2) is 4.39 Å². The summed E-state index contributed by atoms with van der Waals surface area (Å²) in [6.07, 6.45) is 0. The molecule has 4 aromatic carbocycles. The van der Waals surface area contributed by atoms with Crippen LogP contribution >= 0.6 is 22.6 Å². The lowest BCUT2D eigenvalue weighted by Gasteiger charge is -2.14. The Labute approximate surface area is 192 Å². The number of methoxy groups -OCH3 is 1. The topological polar surface area (TPSA) is 18.5 Å². The van der Waals surface area contributed by atoms with Gasteiger partial charge in [-0.2, -0.15) is 0 Å². The van der Waals surface area contributed by atoms with E-state index in [0.29, 0.717) is 11.5 Å². The summed E-state index contributed by atoms with van der Waals surface area (Å²) in [5.41, 5.74) is 0. The Balaban J connectivity index is 1.83. The van der Waals surface area contributed by atoms with Gasteiger partial charge in [0.2, 0.25) is 0 Å². The molecule has 5 heteroatoms. The number of halogens is 2. The van der Waals surface area contributed by atoms with E-state index in [9.17, 15) is 0 Å². The predicted molar refractivity (Wildman–Crippen MR) is 127 cm³/mol. The summed E-state index contributed by atoms with van der Waals surface area (Å²) >= 11 is 2.23. The summed E-state index contributed by atoms with van der Waals surface area (Å²) in [5, 5.41) is 0. The van der Waals surface area contributed by atoms with E-state index in [1.165, 1.54) is 7.11 Å². The molecule has 0 saturated carbocycles. The first-order valence-electron chi connectivity index (χ1n) is 9.31. The van der Waals surface area contributed by atoms with E-state index in [0.717, 1.165) is 18.3 Å². The quantitative estimate of drug-likeness (QED) is 0.192. The van der Waals surface area contributed by atoms with Gasteiger partial charge in [-0.15, -0.1) is 0 Å². The molecule has 2 nitrogen and oxygen atoms in total. The van der Waals surface area contributed by atoms with Crippen LogP contribution in [0.4, 0.5) is 4.39 Å². The summed E-state index contributed by atoms with van der Waals surface area (Å²) in [7, 11) is 0.968. The smallest absolute Gasteiger partial charge is 0.197 e. The van der Waals surface area contributed by atoms with E-state index in [1.54, 1.807) is 6.07 Å². The Hall–Kier alpha value is -2.51. The maximum atomic E-state index is 15.1. The number of ether oxygens (including phenoxy) is 2. The molecule has 0 aromatic heterocycles. The van der Waals surface area contributed by atoms with Crippen LogP contribution in [0, 0.1) is 9.39 Å². The SMILES string of the molecule is COc1c(F)cc([S+](c2ccccc2)c2ccccc2)cc1Oc1ccc(I)cc1. The van der Waals surface area contributed by atoms with Crippen molar-refractivity contribution in [3.05, 3.63) is 106 Å². The lowest BCUT2D eigenvalue weighted by Crippen LogP contribution is -2.06. The lowest BCUT2D eigenvalue weighted by atomic mass is 10.3. The largest absolute Gasteiger partial charge is 0.490 e. The standard InChI is InChI=1S/C25H19FIO2S/c1-28-25-23(26)16-22(17-24(25)29-19-14-12-18(27)13-15-19)30(20-8-4-2-5-9-20)21-10-6-3-7-11-21/h2-17H,1H3/q+1. The molecule has 0 saturated heterocycles. The van der Waals surface area contributed by atoms with Crippen molar-refractivity contribution >= 4 is 33.5 Å². The Morgan fingerprint density at radius 2 is 1.30 bits per heavy atom. The van der Waals surface area contributed by atoms with Gasteiger partial charge in [-0.3, -0.25) is 0 Å². The summed E-state index contributed by atoms with van der Waals surface area (Å²) in [6.45, 7) is 0. The first kappa shape index (κ1) is 20.8. The van der Waals surface area contributed by atoms with E-state index in [1.807, 2.05) is 66.7 Å². The van der Waals surface area contributed by atoms with Crippen molar-refractivity contribution in [1.82, 2.24) is 0 Å². The molecule has 0 aliphatic carbocycles. The number of rotatable bonds is 6. The van der Waals surface area contributed by atoms with Gasteiger partial charge < -0.3 is 9.47 Å². The zero-order valence-corrected chi connectivity index (χ0v) is 19.2. The predicted octanol–water partition coefficient (Wildman–Crippen LogP) is 7.33. The molecule has 0 N–H and O–H groups in total. The monoisotopic (exact) mass is 529 g/mol. The molecular formula is C25H19FIO2S+. The number of benzene rings is 4. The first-order chi connectivity index (χ1) is 14.7. The highest BCUT2D eigenvalue weighted by molar-refractivity contribution is 14.1. The van der Waals surface area contributed by atoms with Crippen LogP contribution in [-0.2, 0) is 10.9 Å². The molecule has 0 aliphatic heterocycles. The fourth-order valence-electron chi connectivity index (χ4n) is 3.09. The normalized spacial score (nSPS) is 10.8. The number of hydrogen-bond donors (Lipinski definition) is 0. The van der Waals surface area contributed by atoms with E-state index >= 15 is 4.39 Å². The van der Waals surface area contributed by atoms with Crippen LogP contribution < -0.4 is 9.47 Å². The van der Waals surface area contributed by atoms with Gasteiger partial charge in [-0.05, 0) is 71.1 Å². The molecule has 0 aliphatic rings. The van der Waals surface area contributed by atoms with E-state index in [2.05, 4.69) is 46.9 Å². The van der Waals surface area contributed by atoms with Crippen LogP contribution in [0.5, 0.6) is 17.2 Å². The zero-order chi connectivity index (χ0) is 20.9. The van der Waals surface area contributed by atoms with Crippen molar-refractivity contribution in [3.63, 3.8) is 0 Å². The third kappa shape index (κ3) is 4.63. The average Bonchev–Trinajstić information content (AvgIpc) is 2.77. The molecular weight excluding hydrogens is 510 g/mol. The molecule has 0 atom stereocenters. The summed E-state index contributed by atoms with van der Waals surface area (Å²) in [4.78, 5) is 3.04. The highest BCUT2D eigenvalue weighted by Gasteiger charge is 2.31. The van der Waals surface area contributed by atoms with Crippen LogP contribution in [0.25, 0.3) is 0 Å². The first-order valence-corrected chi connectivity index (χ1v) is 11.6. The van der Waals surface area contributed by atoms with E-state index in [-0.39, 0.29) is 5.75 Å². The van der Waals surface area contributed by atoms with Crippen molar-refractivity contribution in [2.24, 2.45) is 0 Å². The molecule has 0 amide bonds. The zero-order valence-electron chi connectivity index (χ0n) is 16.2. The van der Waals surface area contributed by atoms with Crippen molar-refractivity contribution < 1.29 is 13.9 Å². The summed E-state index contributed by atoms with van der Waals surface area (Å²) < 4.78 is 27.5. The minimum atomic E-state index is -0.484. The van der Waals surface area contributed by atoms with Gasteiger partial charge in [0.15, 0.2) is 32.0 Å². The molecule has 0 bridgehead atoms. The van der Waals surface area contributed by atoms with Crippen molar-refractivity contribution in [2.45, 2.75) is 14.7 Å². The average molecular weight is 529 g/mol. The highest BCUT2D eigenvalue weighted by Crippen LogP contribution is 2.40. The van der Waals surface area contributed by atoms with Gasteiger partial charge in [0, 0.05) is 15.7 Å². The maximum absolute atomic E-state index is 15.1. The Morgan fingerprint density at radius 3 is 1.83 bits per heavy atom.